The van der Waals surface area contributed by atoms with Gasteiger partial charge in [0, 0.05) is 33.6 Å². The standard InChI is InChI=1S/C26H20Cl2N4O/c27-20-9-5-18(6-10-20)23-24(19-7-11-21(28)12-8-19)32-26(25(31-23)22-16-30-22)33-14-2-4-17-3-1-13-29-15-17/h1,3,5-13,15H,2,4,14,16H2. The average Bonchev–Trinajstić information content (AvgIpc) is 3.69. The molecule has 0 aliphatic carbocycles. The van der Waals surface area contributed by atoms with Crippen LogP contribution in [0.1, 0.15) is 17.7 Å². The number of pyridine rings is 1. The largest absolute Gasteiger partial charge is 0.476 e. The van der Waals surface area contributed by atoms with Gasteiger partial charge in [0.1, 0.15) is 11.4 Å². The lowest BCUT2D eigenvalue weighted by Gasteiger charge is -2.14. The highest BCUT2D eigenvalue weighted by Gasteiger charge is 2.25. The van der Waals surface area contributed by atoms with Gasteiger partial charge in [-0.2, -0.15) is 0 Å². The van der Waals surface area contributed by atoms with E-state index < -0.39 is 0 Å². The molecule has 0 radical (unpaired) electrons. The molecule has 33 heavy (non-hydrogen) atoms. The van der Waals surface area contributed by atoms with Crippen molar-refractivity contribution >= 4 is 28.9 Å². The summed E-state index contributed by atoms with van der Waals surface area (Å²) >= 11 is 12.2. The van der Waals surface area contributed by atoms with Crippen molar-refractivity contribution in [1.29, 1.82) is 0 Å². The molecule has 5 rings (SSSR count). The normalized spacial score (nSPS) is 12.4. The average molecular weight is 475 g/mol. The molecular weight excluding hydrogens is 455 g/mol. The molecule has 0 N–H and O–H groups in total. The van der Waals surface area contributed by atoms with Crippen LogP contribution in [0.2, 0.25) is 10.0 Å². The highest BCUT2D eigenvalue weighted by atomic mass is 35.5. The molecule has 1 aliphatic heterocycles. The SMILES string of the molecule is Clc1ccc(-c2nc(OCCCc3cccnc3)c(C3=NC3)nc2-c2ccc(Cl)cc2)cc1. The second kappa shape index (κ2) is 9.69. The number of benzene rings is 2. The van der Waals surface area contributed by atoms with Crippen LogP contribution in [0.25, 0.3) is 22.5 Å². The van der Waals surface area contributed by atoms with E-state index in [1.165, 1.54) is 5.56 Å². The fourth-order valence-electron chi connectivity index (χ4n) is 3.51. The first-order valence-corrected chi connectivity index (χ1v) is 11.4. The molecule has 2 aromatic carbocycles. The fraction of sp³-hybridized carbons (Fsp3) is 0.154. The second-order valence-corrected chi connectivity index (χ2v) is 8.54. The van der Waals surface area contributed by atoms with E-state index in [0.717, 1.165) is 41.1 Å². The lowest BCUT2D eigenvalue weighted by Crippen LogP contribution is -2.09. The smallest absolute Gasteiger partial charge is 0.242 e. The molecule has 0 saturated heterocycles. The van der Waals surface area contributed by atoms with E-state index in [1.807, 2.05) is 60.8 Å². The number of halogens is 2. The Bertz CT molecular complexity index is 1290. The van der Waals surface area contributed by atoms with Gasteiger partial charge < -0.3 is 4.74 Å². The molecule has 0 bridgehead atoms. The lowest BCUT2D eigenvalue weighted by atomic mass is 10.0. The van der Waals surface area contributed by atoms with Gasteiger partial charge in [-0.05, 0) is 48.7 Å². The Kier molecular flexibility index (Phi) is 6.33. The van der Waals surface area contributed by atoms with Crippen molar-refractivity contribution in [3.8, 4) is 28.4 Å². The predicted octanol–water partition coefficient (Wildman–Crippen LogP) is 6.33. The van der Waals surface area contributed by atoms with Gasteiger partial charge in [-0.25, -0.2) is 9.97 Å². The molecule has 3 heterocycles. The summed E-state index contributed by atoms with van der Waals surface area (Å²) in [5, 5.41) is 1.33. The van der Waals surface area contributed by atoms with E-state index in [4.69, 9.17) is 37.9 Å². The monoisotopic (exact) mass is 474 g/mol. The summed E-state index contributed by atoms with van der Waals surface area (Å²) in [6.07, 6.45) is 5.38. The van der Waals surface area contributed by atoms with Gasteiger partial charge in [-0.3, -0.25) is 9.98 Å². The summed E-state index contributed by atoms with van der Waals surface area (Å²) in [5.74, 6) is 0.500. The predicted molar refractivity (Wildman–Crippen MR) is 132 cm³/mol. The number of nitrogens with zero attached hydrogens (tertiary/aromatic N) is 4. The Balaban J connectivity index is 1.49. The van der Waals surface area contributed by atoms with Crippen molar-refractivity contribution in [3.05, 3.63) is 94.4 Å². The molecule has 0 atom stereocenters. The molecule has 0 amide bonds. The van der Waals surface area contributed by atoms with Crippen molar-refractivity contribution in [2.75, 3.05) is 13.2 Å². The van der Waals surface area contributed by atoms with Crippen LogP contribution in [0, 0.1) is 0 Å². The number of rotatable bonds is 8. The first-order valence-electron chi connectivity index (χ1n) is 10.7. The Morgan fingerprint density at radius 3 is 2.00 bits per heavy atom. The Morgan fingerprint density at radius 1 is 0.788 bits per heavy atom. The third-order valence-corrected chi connectivity index (χ3v) is 5.76. The number of hydrogen-bond donors (Lipinski definition) is 0. The van der Waals surface area contributed by atoms with Crippen LogP contribution in [-0.2, 0) is 6.42 Å². The maximum Gasteiger partial charge on any atom is 0.242 e. The van der Waals surface area contributed by atoms with E-state index in [0.29, 0.717) is 34.8 Å². The maximum atomic E-state index is 6.13. The summed E-state index contributed by atoms with van der Waals surface area (Å²) in [4.78, 5) is 18.4. The fourth-order valence-corrected chi connectivity index (χ4v) is 3.76. The topological polar surface area (TPSA) is 60.3 Å². The zero-order chi connectivity index (χ0) is 22.6. The van der Waals surface area contributed by atoms with E-state index in [-0.39, 0.29) is 0 Å². The molecule has 0 spiro atoms. The zero-order valence-electron chi connectivity index (χ0n) is 17.7. The highest BCUT2D eigenvalue weighted by Crippen LogP contribution is 2.34. The third kappa shape index (κ3) is 5.21. The minimum atomic E-state index is 0.500. The van der Waals surface area contributed by atoms with Gasteiger partial charge in [-0.1, -0.05) is 53.5 Å². The van der Waals surface area contributed by atoms with E-state index in [1.54, 1.807) is 6.20 Å². The van der Waals surface area contributed by atoms with Gasteiger partial charge in [0.05, 0.1) is 24.6 Å². The molecule has 0 fully saturated rings. The van der Waals surface area contributed by atoms with E-state index >= 15 is 0 Å². The van der Waals surface area contributed by atoms with Crippen LogP contribution in [0.3, 0.4) is 0 Å². The number of aromatic nitrogens is 3. The summed E-state index contributed by atoms with van der Waals surface area (Å²) in [6, 6.07) is 19.2. The van der Waals surface area contributed by atoms with Crippen LogP contribution >= 0.6 is 23.2 Å². The Hall–Kier alpha value is -3.28. The molecule has 1 aliphatic rings. The molecule has 5 nitrogen and oxygen atoms in total. The molecule has 164 valence electrons. The molecule has 0 saturated carbocycles. The van der Waals surface area contributed by atoms with Crippen LogP contribution in [0.5, 0.6) is 5.88 Å². The number of aliphatic imine (C=N–C) groups is 1. The Morgan fingerprint density at radius 2 is 1.42 bits per heavy atom. The quantitative estimate of drug-likeness (QED) is 0.280. The van der Waals surface area contributed by atoms with Crippen molar-refractivity contribution in [1.82, 2.24) is 15.0 Å². The van der Waals surface area contributed by atoms with Gasteiger partial charge >= 0.3 is 0 Å². The number of ether oxygens (including phenoxy) is 1. The minimum Gasteiger partial charge on any atom is -0.476 e. The first kappa shape index (κ1) is 21.6. The summed E-state index contributed by atoms with van der Waals surface area (Å²) < 4.78 is 6.13. The second-order valence-electron chi connectivity index (χ2n) is 7.66. The molecule has 4 aromatic rings. The zero-order valence-corrected chi connectivity index (χ0v) is 19.2. The van der Waals surface area contributed by atoms with Crippen LogP contribution in [0.4, 0.5) is 0 Å². The van der Waals surface area contributed by atoms with E-state index in [2.05, 4.69) is 16.0 Å². The minimum absolute atomic E-state index is 0.500. The van der Waals surface area contributed by atoms with Crippen molar-refractivity contribution in [2.24, 2.45) is 4.99 Å². The Labute approximate surface area is 202 Å². The number of aryl methyl sites for hydroxylation is 1. The van der Waals surface area contributed by atoms with Gasteiger partial charge in [0.15, 0.2) is 0 Å². The van der Waals surface area contributed by atoms with E-state index in [9.17, 15) is 0 Å². The molecule has 2 aromatic heterocycles. The van der Waals surface area contributed by atoms with Crippen LogP contribution in [-0.4, -0.2) is 33.8 Å². The summed E-state index contributed by atoms with van der Waals surface area (Å²) in [5.41, 5.74) is 6.08. The van der Waals surface area contributed by atoms with Gasteiger partial charge in [-0.15, -0.1) is 0 Å². The maximum absolute atomic E-state index is 6.13. The van der Waals surface area contributed by atoms with Crippen molar-refractivity contribution < 1.29 is 4.74 Å². The lowest BCUT2D eigenvalue weighted by molar-refractivity contribution is 0.298. The van der Waals surface area contributed by atoms with Crippen molar-refractivity contribution in [2.45, 2.75) is 12.8 Å². The first-order chi connectivity index (χ1) is 16.2. The number of hydrogen-bond acceptors (Lipinski definition) is 5. The van der Waals surface area contributed by atoms with Crippen LogP contribution in [0.15, 0.2) is 78.0 Å². The van der Waals surface area contributed by atoms with Crippen molar-refractivity contribution in [3.63, 3.8) is 0 Å². The van der Waals surface area contributed by atoms with Crippen LogP contribution < -0.4 is 4.74 Å². The molecular formula is C26H20Cl2N4O. The summed E-state index contributed by atoms with van der Waals surface area (Å²) in [7, 11) is 0. The third-order valence-electron chi connectivity index (χ3n) is 5.26. The molecule has 7 heteroatoms. The van der Waals surface area contributed by atoms with Gasteiger partial charge in [0.25, 0.3) is 0 Å². The van der Waals surface area contributed by atoms with Gasteiger partial charge in [0.2, 0.25) is 5.88 Å². The highest BCUT2D eigenvalue weighted by molar-refractivity contribution is 6.31. The summed E-state index contributed by atoms with van der Waals surface area (Å²) in [6.45, 7) is 1.17. The molecule has 0 unspecified atom stereocenters.